The Morgan fingerprint density at radius 2 is 1.91 bits per heavy atom. The van der Waals surface area contributed by atoms with Gasteiger partial charge in [-0.25, -0.2) is 9.67 Å². The molecule has 4 aromatic rings. The summed E-state index contributed by atoms with van der Waals surface area (Å²) in [7, 11) is 0. The average molecular weight is 523 g/mol. The topological polar surface area (TPSA) is 100 Å². The summed E-state index contributed by atoms with van der Waals surface area (Å²) in [6.45, 7) is 2.28. The smallest absolute Gasteiger partial charge is 0.306 e. The molecule has 3 heterocycles. The van der Waals surface area contributed by atoms with Crippen LogP contribution in [0, 0.1) is 5.92 Å². The van der Waals surface area contributed by atoms with Crippen molar-refractivity contribution in [2.24, 2.45) is 5.92 Å². The van der Waals surface area contributed by atoms with Crippen molar-refractivity contribution in [1.82, 2.24) is 24.4 Å². The molecule has 3 aromatic heterocycles. The van der Waals surface area contributed by atoms with Crippen LogP contribution in [-0.4, -0.2) is 37.0 Å². The van der Waals surface area contributed by atoms with Crippen LogP contribution in [-0.2, 0) is 9.53 Å². The SMILES string of the molecule is CCOC(=O)CC1CCC(c2nc3c(-c4cnn(-c5ccccc5)c4)cnn3c(N)c2Br)CC1. The molecule has 2 N–H and O–H groups in total. The number of aromatic nitrogens is 5. The number of benzene rings is 1. The number of ether oxygens (including phenoxy) is 1. The molecule has 8 nitrogen and oxygen atoms in total. The van der Waals surface area contributed by atoms with Crippen LogP contribution in [0.1, 0.15) is 50.6 Å². The Morgan fingerprint density at radius 3 is 2.65 bits per heavy atom. The first kappa shape index (κ1) is 22.6. The summed E-state index contributed by atoms with van der Waals surface area (Å²) in [6.07, 6.45) is 9.95. The molecular formula is C25H27BrN6O2. The lowest BCUT2D eigenvalue weighted by Gasteiger charge is -2.28. The van der Waals surface area contributed by atoms with Crippen LogP contribution in [0.2, 0.25) is 0 Å². The number of nitrogens with zero attached hydrogens (tertiary/aromatic N) is 5. The zero-order chi connectivity index (χ0) is 23.7. The molecule has 176 valence electrons. The van der Waals surface area contributed by atoms with Gasteiger partial charge < -0.3 is 10.5 Å². The molecule has 1 fully saturated rings. The zero-order valence-corrected chi connectivity index (χ0v) is 20.6. The number of carbonyl (C=O) groups excluding carboxylic acids is 1. The number of esters is 1. The predicted molar refractivity (Wildman–Crippen MR) is 134 cm³/mol. The molecule has 5 rings (SSSR count). The fourth-order valence-electron chi connectivity index (χ4n) is 4.77. The summed E-state index contributed by atoms with van der Waals surface area (Å²) in [5, 5.41) is 9.02. The van der Waals surface area contributed by atoms with E-state index in [9.17, 15) is 4.79 Å². The van der Waals surface area contributed by atoms with E-state index in [1.807, 2.05) is 54.3 Å². The molecule has 0 amide bonds. The number of hydrogen-bond donors (Lipinski definition) is 1. The molecule has 9 heteroatoms. The second kappa shape index (κ2) is 9.58. The number of nitrogen functional groups attached to an aromatic ring is 1. The van der Waals surface area contributed by atoms with E-state index in [1.165, 1.54) is 0 Å². The van der Waals surface area contributed by atoms with Gasteiger partial charge in [0, 0.05) is 29.7 Å². The fraction of sp³-hybridized carbons (Fsp3) is 0.360. The molecule has 0 unspecified atom stereocenters. The average Bonchev–Trinajstić information content (AvgIpc) is 3.50. The van der Waals surface area contributed by atoms with E-state index in [1.54, 1.807) is 10.7 Å². The lowest BCUT2D eigenvalue weighted by Crippen LogP contribution is -2.19. The third-order valence-corrected chi connectivity index (χ3v) is 7.37. The van der Waals surface area contributed by atoms with Crippen LogP contribution >= 0.6 is 15.9 Å². The molecule has 1 aliphatic carbocycles. The Morgan fingerprint density at radius 1 is 1.15 bits per heavy atom. The number of nitrogens with two attached hydrogens (primary N) is 1. The minimum absolute atomic E-state index is 0.101. The number of rotatable bonds is 6. The molecule has 0 bridgehead atoms. The van der Waals surface area contributed by atoms with Crippen LogP contribution in [0.25, 0.3) is 22.5 Å². The van der Waals surface area contributed by atoms with E-state index in [4.69, 9.17) is 15.5 Å². The maximum atomic E-state index is 11.9. The summed E-state index contributed by atoms with van der Waals surface area (Å²) >= 11 is 3.67. The highest BCUT2D eigenvalue weighted by atomic mass is 79.9. The molecule has 34 heavy (non-hydrogen) atoms. The number of anilines is 1. The van der Waals surface area contributed by atoms with Crippen LogP contribution in [0.5, 0.6) is 0 Å². The summed E-state index contributed by atoms with van der Waals surface area (Å²) in [5.41, 5.74) is 10.9. The number of fused-ring (bicyclic) bond motifs is 1. The van der Waals surface area contributed by atoms with Crippen molar-refractivity contribution >= 4 is 33.4 Å². The van der Waals surface area contributed by atoms with Gasteiger partial charge in [-0.3, -0.25) is 4.79 Å². The Bertz CT molecular complexity index is 1310. The van der Waals surface area contributed by atoms with Crippen molar-refractivity contribution in [3.63, 3.8) is 0 Å². The van der Waals surface area contributed by atoms with Gasteiger partial charge in [-0.1, -0.05) is 18.2 Å². The van der Waals surface area contributed by atoms with Crippen molar-refractivity contribution in [2.45, 2.75) is 44.9 Å². The van der Waals surface area contributed by atoms with Gasteiger partial charge in [-0.2, -0.15) is 14.7 Å². The number of para-hydroxylation sites is 1. The second-order valence-electron chi connectivity index (χ2n) is 8.73. The van der Waals surface area contributed by atoms with Crippen LogP contribution in [0.15, 0.2) is 53.4 Å². The largest absolute Gasteiger partial charge is 0.466 e. The fourth-order valence-corrected chi connectivity index (χ4v) is 5.35. The predicted octanol–water partition coefficient (Wildman–Crippen LogP) is 5.15. The number of carbonyl (C=O) groups is 1. The van der Waals surface area contributed by atoms with Crippen LogP contribution in [0.3, 0.4) is 0 Å². The van der Waals surface area contributed by atoms with E-state index in [2.05, 4.69) is 26.1 Å². The molecule has 0 radical (unpaired) electrons. The van der Waals surface area contributed by atoms with Crippen molar-refractivity contribution in [3.05, 3.63) is 59.1 Å². The molecule has 0 atom stereocenters. The number of halogens is 1. The van der Waals surface area contributed by atoms with Gasteiger partial charge in [0.15, 0.2) is 5.65 Å². The van der Waals surface area contributed by atoms with E-state index in [-0.39, 0.29) is 11.9 Å². The minimum Gasteiger partial charge on any atom is -0.466 e. The van der Waals surface area contributed by atoms with Gasteiger partial charge in [0.1, 0.15) is 5.82 Å². The van der Waals surface area contributed by atoms with E-state index < -0.39 is 0 Å². The van der Waals surface area contributed by atoms with Gasteiger partial charge in [-0.15, -0.1) is 0 Å². The number of hydrogen-bond acceptors (Lipinski definition) is 6. The van der Waals surface area contributed by atoms with Crippen LogP contribution in [0.4, 0.5) is 5.82 Å². The molecule has 0 aliphatic heterocycles. The normalized spacial score (nSPS) is 18.3. The van der Waals surface area contributed by atoms with Gasteiger partial charge in [0.05, 0.1) is 34.9 Å². The van der Waals surface area contributed by atoms with Crippen molar-refractivity contribution in [3.8, 4) is 16.8 Å². The molecule has 1 saturated carbocycles. The first-order valence-electron chi connectivity index (χ1n) is 11.6. The summed E-state index contributed by atoms with van der Waals surface area (Å²) in [5.74, 6) is 1.07. The molecule has 1 aliphatic rings. The first-order valence-corrected chi connectivity index (χ1v) is 12.4. The Hall–Kier alpha value is -3.20. The van der Waals surface area contributed by atoms with E-state index in [0.717, 1.165) is 58.3 Å². The maximum Gasteiger partial charge on any atom is 0.306 e. The highest BCUT2D eigenvalue weighted by molar-refractivity contribution is 9.10. The van der Waals surface area contributed by atoms with E-state index in [0.29, 0.717) is 24.8 Å². The molecule has 0 spiro atoms. The molecular weight excluding hydrogens is 496 g/mol. The van der Waals surface area contributed by atoms with E-state index >= 15 is 0 Å². The molecule has 0 saturated heterocycles. The Balaban J connectivity index is 1.42. The Kier molecular flexibility index (Phi) is 6.36. The highest BCUT2D eigenvalue weighted by Crippen LogP contribution is 2.41. The summed E-state index contributed by atoms with van der Waals surface area (Å²) < 4.78 is 9.43. The van der Waals surface area contributed by atoms with Crippen molar-refractivity contribution < 1.29 is 9.53 Å². The van der Waals surface area contributed by atoms with Gasteiger partial charge in [-0.05, 0) is 66.6 Å². The summed E-state index contributed by atoms with van der Waals surface area (Å²) in [6, 6.07) is 9.97. The highest BCUT2D eigenvalue weighted by Gasteiger charge is 2.28. The first-order chi connectivity index (χ1) is 16.5. The third-order valence-electron chi connectivity index (χ3n) is 6.56. The molecule has 1 aromatic carbocycles. The maximum absolute atomic E-state index is 11.9. The lowest BCUT2D eigenvalue weighted by molar-refractivity contribution is -0.144. The van der Waals surface area contributed by atoms with Gasteiger partial charge >= 0.3 is 5.97 Å². The quantitative estimate of drug-likeness (QED) is 0.351. The third kappa shape index (κ3) is 4.32. The van der Waals surface area contributed by atoms with Crippen molar-refractivity contribution in [1.29, 1.82) is 0 Å². The van der Waals surface area contributed by atoms with Gasteiger partial charge in [0.25, 0.3) is 0 Å². The zero-order valence-electron chi connectivity index (χ0n) is 19.0. The second-order valence-corrected chi connectivity index (χ2v) is 9.52. The van der Waals surface area contributed by atoms with Gasteiger partial charge in [0.2, 0.25) is 0 Å². The Labute approximate surface area is 206 Å². The standard InChI is InChI=1S/C25H27BrN6O2/c1-2-34-21(33)12-16-8-10-17(11-9-16)23-22(26)24(27)32-25(30-23)20(14-29-32)18-13-28-31(15-18)19-6-4-3-5-7-19/h3-7,13-17H,2,8-12,27H2,1H3. The monoisotopic (exact) mass is 522 g/mol. The minimum atomic E-state index is -0.101. The van der Waals surface area contributed by atoms with Crippen LogP contribution < -0.4 is 5.73 Å². The lowest BCUT2D eigenvalue weighted by atomic mass is 9.79. The van der Waals surface area contributed by atoms with Crippen molar-refractivity contribution in [2.75, 3.05) is 12.3 Å². The summed E-state index contributed by atoms with van der Waals surface area (Å²) in [4.78, 5) is 16.9.